The van der Waals surface area contributed by atoms with Crippen LogP contribution in [0.1, 0.15) is 0 Å². The molecule has 7 aromatic carbocycles. The van der Waals surface area contributed by atoms with Crippen molar-refractivity contribution in [1.82, 2.24) is 9.55 Å². The largest absolute Gasteiger partial charge is 0.435 e. The summed E-state index contributed by atoms with van der Waals surface area (Å²) in [4.78, 5) is 7.29. The first-order valence-corrected chi connectivity index (χ1v) is 15.2. The molecule has 0 saturated carbocycles. The minimum absolute atomic E-state index is 0.618. The molecular formula is C41H27N3O. The highest BCUT2D eigenvalue weighted by molar-refractivity contribution is 6.19. The molecule has 4 heteroatoms. The molecule has 0 radical (unpaired) electrons. The van der Waals surface area contributed by atoms with E-state index in [1.54, 1.807) is 0 Å². The monoisotopic (exact) mass is 577 g/mol. The molecule has 0 spiro atoms. The van der Waals surface area contributed by atoms with Crippen molar-refractivity contribution in [1.29, 1.82) is 0 Å². The number of benzene rings is 7. The van der Waals surface area contributed by atoms with Crippen LogP contribution >= 0.6 is 0 Å². The Morgan fingerprint density at radius 1 is 0.511 bits per heavy atom. The molecule has 0 aliphatic carbocycles. The Balaban J connectivity index is 1.38. The molecule has 2 heterocycles. The maximum absolute atomic E-state index is 6.61. The van der Waals surface area contributed by atoms with Crippen molar-refractivity contribution in [3.63, 3.8) is 0 Å². The smallest absolute Gasteiger partial charge is 0.227 e. The summed E-state index contributed by atoms with van der Waals surface area (Å²) in [5.41, 5.74) is 9.21. The molecule has 0 aliphatic rings. The van der Waals surface area contributed by atoms with Crippen molar-refractivity contribution in [2.45, 2.75) is 0 Å². The number of rotatable bonds is 5. The lowest BCUT2D eigenvalue weighted by Crippen LogP contribution is -2.11. The summed E-state index contributed by atoms with van der Waals surface area (Å²) in [6.45, 7) is 0. The van der Waals surface area contributed by atoms with E-state index >= 15 is 0 Å². The average Bonchev–Trinajstić information content (AvgIpc) is 3.70. The van der Waals surface area contributed by atoms with E-state index in [9.17, 15) is 0 Å². The van der Waals surface area contributed by atoms with Gasteiger partial charge in [0.25, 0.3) is 0 Å². The highest BCUT2D eigenvalue weighted by Crippen LogP contribution is 2.46. The predicted octanol–water partition coefficient (Wildman–Crippen LogP) is 11.2. The number of anilines is 3. The van der Waals surface area contributed by atoms with E-state index in [1.807, 2.05) is 30.3 Å². The molecule has 2 aromatic heterocycles. The number of hydrogen-bond acceptors (Lipinski definition) is 3. The van der Waals surface area contributed by atoms with Gasteiger partial charge in [0.2, 0.25) is 5.89 Å². The van der Waals surface area contributed by atoms with Crippen LogP contribution in [0.4, 0.5) is 17.1 Å². The highest BCUT2D eigenvalue weighted by atomic mass is 16.3. The molecule has 45 heavy (non-hydrogen) atoms. The van der Waals surface area contributed by atoms with Crippen LogP contribution < -0.4 is 4.90 Å². The molecule has 0 amide bonds. The fraction of sp³-hybridized carbons (Fsp3) is 0. The lowest BCUT2D eigenvalue weighted by molar-refractivity contribution is 0.623. The molecule has 0 fully saturated rings. The van der Waals surface area contributed by atoms with Gasteiger partial charge in [-0.25, -0.2) is 4.98 Å². The fourth-order valence-electron chi connectivity index (χ4n) is 6.65. The number of nitrogens with zero attached hydrogens (tertiary/aromatic N) is 3. The minimum Gasteiger partial charge on any atom is -0.435 e. The van der Waals surface area contributed by atoms with Gasteiger partial charge in [0.1, 0.15) is 5.52 Å². The van der Waals surface area contributed by atoms with Crippen LogP contribution in [0.2, 0.25) is 0 Å². The second kappa shape index (κ2) is 10.2. The Kier molecular flexibility index (Phi) is 5.78. The molecular weight excluding hydrogens is 550 g/mol. The number of oxazole rings is 1. The van der Waals surface area contributed by atoms with Crippen molar-refractivity contribution >= 4 is 60.7 Å². The number of aromatic nitrogens is 2. The first-order valence-electron chi connectivity index (χ1n) is 15.2. The molecule has 9 aromatic rings. The third-order valence-corrected chi connectivity index (χ3v) is 8.58. The van der Waals surface area contributed by atoms with E-state index in [4.69, 9.17) is 9.40 Å². The molecule has 0 unspecified atom stereocenters. The number of para-hydroxylation sites is 3. The summed E-state index contributed by atoms with van der Waals surface area (Å²) in [7, 11) is 0. The van der Waals surface area contributed by atoms with Crippen LogP contribution in [0.25, 0.3) is 60.8 Å². The summed E-state index contributed by atoms with van der Waals surface area (Å²) >= 11 is 0. The van der Waals surface area contributed by atoms with Gasteiger partial charge in [-0.15, -0.1) is 0 Å². The fourth-order valence-corrected chi connectivity index (χ4v) is 6.65. The zero-order valence-electron chi connectivity index (χ0n) is 24.3. The molecule has 0 bridgehead atoms. The molecule has 0 N–H and O–H groups in total. The quantitative estimate of drug-likeness (QED) is 0.204. The Hall–Kier alpha value is -6.13. The standard InChI is InChI=1S/C41H27N3O/c1-4-14-29(15-5-1)41-42-33-27-26-28-16-12-23-35(38(28)40(33)45-41)44(31-19-8-3-9-20-31)37-25-13-24-36-39(37)32-21-10-11-22-34(32)43(36)30-17-6-2-7-18-30/h1-27H. The summed E-state index contributed by atoms with van der Waals surface area (Å²) in [6, 6.07) is 57.2. The number of hydrogen-bond donors (Lipinski definition) is 0. The van der Waals surface area contributed by atoms with Gasteiger partial charge in [-0.05, 0) is 72.1 Å². The van der Waals surface area contributed by atoms with E-state index in [1.165, 1.54) is 16.3 Å². The molecule has 212 valence electrons. The topological polar surface area (TPSA) is 34.2 Å². The van der Waals surface area contributed by atoms with Crippen LogP contribution in [-0.2, 0) is 0 Å². The average molecular weight is 578 g/mol. The van der Waals surface area contributed by atoms with Gasteiger partial charge in [0, 0.05) is 27.7 Å². The van der Waals surface area contributed by atoms with Crippen LogP contribution in [0.15, 0.2) is 168 Å². The van der Waals surface area contributed by atoms with Crippen LogP contribution in [-0.4, -0.2) is 9.55 Å². The Morgan fingerprint density at radius 2 is 1.16 bits per heavy atom. The molecule has 0 aliphatic heterocycles. The van der Waals surface area contributed by atoms with Gasteiger partial charge in [0.15, 0.2) is 5.58 Å². The van der Waals surface area contributed by atoms with Gasteiger partial charge in [-0.2, -0.15) is 0 Å². The zero-order chi connectivity index (χ0) is 29.7. The second-order valence-electron chi connectivity index (χ2n) is 11.2. The van der Waals surface area contributed by atoms with E-state index in [2.05, 4.69) is 143 Å². The molecule has 0 atom stereocenters. The molecule has 9 rings (SSSR count). The maximum atomic E-state index is 6.61. The van der Waals surface area contributed by atoms with Crippen molar-refractivity contribution in [3.05, 3.63) is 164 Å². The van der Waals surface area contributed by atoms with E-state index in [0.29, 0.717) is 5.89 Å². The predicted molar refractivity (Wildman–Crippen MR) is 186 cm³/mol. The Bertz CT molecular complexity index is 2480. The highest BCUT2D eigenvalue weighted by Gasteiger charge is 2.23. The van der Waals surface area contributed by atoms with Gasteiger partial charge in [-0.3, -0.25) is 0 Å². The summed E-state index contributed by atoms with van der Waals surface area (Å²) in [5, 5.41) is 4.50. The maximum Gasteiger partial charge on any atom is 0.227 e. The SMILES string of the molecule is c1ccc(-c2nc3ccc4cccc(N(c5ccccc5)c5cccc6c5c5ccccc5n6-c5ccccc5)c4c3o2)cc1. The van der Waals surface area contributed by atoms with E-state index in [-0.39, 0.29) is 0 Å². The lowest BCUT2D eigenvalue weighted by atomic mass is 10.0. The second-order valence-corrected chi connectivity index (χ2v) is 11.2. The summed E-state index contributed by atoms with van der Waals surface area (Å²) in [6.07, 6.45) is 0. The van der Waals surface area contributed by atoms with Gasteiger partial charge in [-0.1, -0.05) is 97.1 Å². The van der Waals surface area contributed by atoms with E-state index < -0.39 is 0 Å². The molecule has 4 nitrogen and oxygen atoms in total. The van der Waals surface area contributed by atoms with Crippen molar-refractivity contribution in [2.75, 3.05) is 4.90 Å². The third kappa shape index (κ3) is 4.04. The van der Waals surface area contributed by atoms with Gasteiger partial charge >= 0.3 is 0 Å². The Labute approximate surface area is 260 Å². The molecule has 0 saturated heterocycles. The number of fused-ring (bicyclic) bond motifs is 6. The lowest BCUT2D eigenvalue weighted by Gasteiger charge is -2.27. The van der Waals surface area contributed by atoms with Crippen LogP contribution in [0, 0.1) is 0 Å². The Morgan fingerprint density at radius 3 is 1.96 bits per heavy atom. The van der Waals surface area contributed by atoms with Gasteiger partial charge < -0.3 is 13.9 Å². The van der Waals surface area contributed by atoms with Crippen molar-refractivity contribution < 1.29 is 4.42 Å². The van der Waals surface area contributed by atoms with Gasteiger partial charge in [0.05, 0.1) is 27.8 Å². The first kappa shape index (κ1) is 25.4. The normalized spacial score (nSPS) is 11.6. The van der Waals surface area contributed by atoms with Crippen molar-refractivity contribution in [2.24, 2.45) is 0 Å². The van der Waals surface area contributed by atoms with E-state index in [0.717, 1.165) is 55.7 Å². The first-order chi connectivity index (χ1) is 22.3. The zero-order valence-corrected chi connectivity index (χ0v) is 24.3. The van der Waals surface area contributed by atoms with Crippen LogP contribution in [0.5, 0.6) is 0 Å². The summed E-state index contributed by atoms with van der Waals surface area (Å²) in [5.74, 6) is 0.618. The van der Waals surface area contributed by atoms with Crippen molar-refractivity contribution in [3.8, 4) is 17.1 Å². The van der Waals surface area contributed by atoms with Crippen LogP contribution in [0.3, 0.4) is 0 Å². The minimum atomic E-state index is 0.618. The summed E-state index contributed by atoms with van der Waals surface area (Å²) < 4.78 is 8.97. The third-order valence-electron chi connectivity index (χ3n) is 8.58.